The first-order valence-electron chi connectivity index (χ1n) is 7.14. The summed E-state index contributed by atoms with van der Waals surface area (Å²) in [6.45, 7) is 1.08. The van der Waals surface area contributed by atoms with Gasteiger partial charge in [0.05, 0.1) is 10.0 Å². The number of halogens is 2. The average Bonchev–Trinajstić information content (AvgIpc) is 2.61. The minimum Gasteiger partial charge on any atom is -0.331 e. The summed E-state index contributed by atoms with van der Waals surface area (Å²) in [4.78, 5) is 28.4. The molecule has 0 radical (unpaired) electrons. The Morgan fingerprint density at radius 3 is 2.62 bits per heavy atom. The van der Waals surface area contributed by atoms with Crippen molar-refractivity contribution in [3.63, 3.8) is 0 Å². The summed E-state index contributed by atoms with van der Waals surface area (Å²) in [6, 6.07) is 4.81. The highest BCUT2D eigenvalue weighted by Crippen LogP contribution is 2.30. The van der Waals surface area contributed by atoms with Crippen molar-refractivity contribution in [3.05, 3.63) is 28.2 Å². The summed E-state index contributed by atoms with van der Waals surface area (Å²) in [7, 11) is 0. The van der Waals surface area contributed by atoms with Crippen LogP contribution in [0.3, 0.4) is 0 Å². The smallest absolute Gasteiger partial charge is 0.249 e. The molecule has 21 heavy (non-hydrogen) atoms. The van der Waals surface area contributed by atoms with Crippen LogP contribution < -0.4 is 4.90 Å². The largest absolute Gasteiger partial charge is 0.331 e. The van der Waals surface area contributed by atoms with E-state index < -0.39 is 0 Å². The first-order chi connectivity index (χ1) is 10.1. The van der Waals surface area contributed by atoms with Crippen LogP contribution in [0.1, 0.15) is 25.7 Å². The maximum absolute atomic E-state index is 12.8. The molecule has 1 aromatic carbocycles. The van der Waals surface area contributed by atoms with Crippen LogP contribution >= 0.6 is 23.2 Å². The number of hydrogen-bond acceptors (Lipinski definition) is 2. The Balaban J connectivity index is 1.93. The van der Waals surface area contributed by atoms with Gasteiger partial charge in [0, 0.05) is 25.2 Å². The fourth-order valence-corrected chi connectivity index (χ4v) is 3.33. The summed E-state index contributed by atoms with van der Waals surface area (Å²) in [6.07, 6.45) is 3.04. The second kappa shape index (κ2) is 5.85. The number of fused-ring (bicyclic) bond motifs is 1. The molecule has 0 bridgehead atoms. The predicted octanol–water partition coefficient (Wildman–Crippen LogP) is 3.11. The van der Waals surface area contributed by atoms with E-state index >= 15 is 0 Å². The van der Waals surface area contributed by atoms with Gasteiger partial charge in [-0.05, 0) is 37.5 Å². The molecule has 0 aromatic heterocycles. The number of rotatable bonds is 1. The van der Waals surface area contributed by atoms with Gasteiger partial charge in [0.2, 0.25) is 11.8 Å². The minimum absolute atomic E-state index is 0.0149. The molecule has 2 aliphatic rings. The predicted molar refractivity (Wildman–Crippen MR) is 82.8 cm³/mol. The third kappa shape index (κ3) is 2.74. The van der Waals surface area contributed by atoms with E-state index in [9.17, 15) is 9.59 Å². The molecule has 1 unspecified atom stereocenters. The molecule has 2 fully saturated rings. The van der Waals surface area contributed by atoms with Gasteiger partial charge in [-0.15, -0.1) is 0 Å². The van der Waals surface area contributed by atoms with E-state index in [-0.39, 0.29) is 17.9 Å². The van der Waals surface area contributed by atoms with Gasteiger partial charge in [-0.25, -0.2) is 0 Å². The van der Waals surface area contributed by atoms with Crippen molar-refractivity contribution in [1.82, 2.24) is 4.90 Å². The molecular formula is C15H16Cl2N2O2. The first-order valence-corrected chi connectivity index (χ1v) is 7.89. The van der Waals surface area contributed by atoms with E-state index in [1.165, 1.54) is 0 Å². The van der Waals surface area contributed by atoms with E-state index in [0.29, 0.717) is 35.2 Å². The normalized spacial score (nSPS) is 23.0. The number of carbonyl (C=O) groups is 2. The number of hydrogen-bond donors (Lipinski definition) is 0. The number of carbonyl (C=O) groups excluding carboxylic acids is 2. The van der Waals surface area contributed by atoms with Gasteiger partial charge in [-0.2, -0.15) is 0 Å². The Morgan fingerprint density at radius 1 is 1.05 bits per heavy atom. The van der Waals surface area contributed by atoms with Crippen molar-refractivity contribution >= 4 is 40.7 Å². The monoisotopic (exact) mass is 326 g/mol. The fraction of sp³-hybridized carbons (Fsp3) is 0.467. The van der Waals surface area contributed by atoms with Crippen LogP contribution in [0.15, 0.2) is 18.2 Å². The molecule has 0 aliphatic carbocycles. The molecular weight excluding hydrogens is 311 g/mol. The third-order valence-electron chi connectivity index (χ3n) is 4.14. The van der Waals surface area contributed by atoms with Gasteiger partial charge in [-0.1, -0.05) is 23.2 Å². The molecule has 2 heterocycles. The Labute approximate surface area is 133 Å². The highest BCUT2D eigenvalue weighted by molar-refractivity contribution is 6.42. The van der Waals surface area contributed by atoms with Crippen LogP contribution in [-0.4, -0.2) is 35.8 Å². The lowest BCUT2D eigenvalue weighted by molar-refractivity contribution is -0.138. The molecule has 2 saturated heterocycles. The van der Waals surface area contributed by atoms with E-state index in [1.54, 1.807) is 28.0 Å². The van der Waals surface area contributed by atoms with E-state index in [1.807, 2.05) is 0 Å². The third-order valence-corrected chi connectivity index (χ3v) is 4.88. The summed E-state index contributed by atoms with van der Waals surface area (Å²) in [5, 5.41) is 0.871. The molecule has 6 heteroatoms. The summed E-state index contributed by atoms with van der Waals surface area (Å²) < 4.78 is 0. The zero-order valence-electron chi connectivity index (χ0n) is 11.5. The van der Waals surface area contributed by atoms with E-state index in [2.05, 4.69) is 0 Å². The quantitative estimate of drug-likeness (QED) is 0.795. The van der Waals surface area contributed by atoms with Crippen LogP contribution in [-0.2, 0) is 9.59 Å². The van der Waals surface area contributed by atoms with Crippen LogP contribution in [0, 0.1) is 0 Å². The van der Waals surface area contributed by atoms with Gasteiger partial charge < -0.3 is 9.80 Å². The highest BCUT2D eigenvalue weighted by Gasteiger charge is 2.38. The van der Waals surface area contributed by atoms with Gasteiger partial charge in [0.1, 0.15) is 6.04 Å². The zero-order valence-corrected chi connectivity index (χ0v) is 13.0. The first kappa shape index (κ1) is 14.7. The molecule has 0 saturated carbocycles. The van der Waals surface area contributed by atoms with Gasteiger partial charge >= 0.3 is 0 Å². The fourth-order valence-electron chi connectivity index (χ4n) is 3.04. The Bertz CT molecular complexity index is 591. The Kier molecular flexibility index (Phi) is 4.09. The highest BCUT2D eigenvalue weighted by atomic mass is 35.5. The molecule has 0 N–H and O–H groups in total. The molecule has 0 spiro atoms. The SMILES string of the molecule is O=C1C2CCCCN2C(=O)CCN1c1ccc(Cl)c(Cl)c1. The molecule has 1 atom stereocenters. The number of piperidine rings is 1. The van der Waals surface area contributed by atoms with Gasteiger partial charge in [0.15, 0.2) is 0 Å². The lowest BCUT2D eigenvalue weighted by Crippen LogP contribution is -2.49. The summed E-state index contributed by atoms with van der Waals surface area (Å²) >= 11 is 12.0. The molecule has 3 rings (SSSR count). The van der Waals surface area contributed by atoms with Crippen molar-refractivity contribution in [2.45, 2.75) is 31.7 Å². The topological polar surface area (TPSA) is 40.6 Å². The van der Waals surface area contributed by atoms with Crippen molar-refractivity contribution < 1.29 is 9.59 Å². The van der Waals surface area contributed by atoms with Crippen molar-refractivity contribution in [1.29, 1.82) is 0 Å². The van der Waals surface area contributed by atoms with Crippen LogP contribution in [0.4, 0.5) is 5.69 Å². The molecule has 112 valence electrons. The van der Waals surface area contributed by atoms with Crippen LogP contribution in [0.2, 0.25) is 10.0 Å². The number of benzene rings is 1. The van der Waals surface area contributed by atoms with E-state index in [0.717, 1.165) is 19.3 Å². The second-order valence-corrected chi connectivity index (χ2v) is 6.25. The number of anilines is 1. The van der Waals surface area contributed by atoms with E-state index in [4.69, 9.17) is 23.2 Å². The average molecular weight is 327 g/mol. The number of nitrogens with zero attached hydrogens (tertiary/aromatic N) is 2. The second-order valence-electron chi connectivity index (χ2n) is 5.44. The molecule has 2 aliphatic heterocycles. The summed E-state index contributed by atoms with van der Waals surface area (Å²) in [5.74, 6) is 0.0505. The maximum atomic E-state index is 12.8. The molecule has 4 nitrogen and oxygen atoms in total. The minimum atomic E-state index is -0.330. The van der Waals surface area contributed by atoms with Gasteiger partial charge in [0.25, 0.3) is 0 Å². The zero-order chi connectivity index (χ0) is 15.0. The lowest BCUT2D eigenvalue weighted by atomic mass is 10.0. The van der Waals surface area contributed by atoms with Crippen molar-refractivity contribution in [2.75, 3.05) is 18.0 Å². The Morgan fingerprint density at radius 2 is 1.86 bits per heavy atom. The Hall–Kier alpha value is -1.26. The van der Waals surface area contributed by atoms with Crippen LogP contribution in [0.25, 0.3) is 0 Å². The molecule has 1 aromatic rings. The summed E-state index contributed by atoms with van der Waals surface area (Å²) in [5.41, 5.74) is 0.703. The van der Waals surface area contributed by atoms with Crippen molar-refractivity contribution in [3.8, 4) is 0 Å². The lowest BCUT2D eigenvalue weighted by Gasteiger charge is -2.34. The maximum Gasteiger partial charge on any atom is 0.249 e. The molecule has 2 amide bonds. The standard InChI is InChI=1S/C15H16Cl2N2O2/c16-11-5-4-10(9-12(11)17)18-8-6-14(20)19-7-2-1-3-13(19)15(18)21/h4-5,9,13H,1-3,6-8H2. The van der Waals surface area contributed by atoms with Crippen molar-refractivity contribution in [2.24, 2.45) is 0 Å². The van der Waals surface area contributed by atoms with Gasteiger partial charge in [-0.3, -0.25) is 9.59 Å². The van der Waals surface area contributed by atoms with Crippen LogP contribution in [0.5, 0.6) is 0 Å². The number of amides is 2.